The van der Waals surface area contributed by atoms with E-state index in [-0.39, 0.29) is 11.5 Å². The molecule has 2 aromatic rings. The van der Waals surface area contributed by atoms with Crippen molar-refractivity contribution < 1.29 is 9.66 Å². The van der Waals surface area contributed by atoms with E-state index in [1.54, 1.807) is 7.11 Å². The largest absolute Gasteiger partial charge is 0.496 e. The third-order valence-corrected chi connectivity index (χ3v) is 3.34. The molecule has 0 amide bonds. The van der Waals surface area contributed by atoms with Crippen LogP contribution in [-0.2, 0) is 6.54 Å². The van der Waals surface area contributed by atoms with Gasteiger partial charge in [0.15, 0.2) is 0 Å². The highest BCUT2D eigenvalue weighted by molar-refractivity contribution is 9.10. The maximum Gasteiger partial charge on any atom is 0.325 e. The number of anilines is 1. The van der Waals surface area contributed by atoms with Crippen molar-refractivity contribution in [3.63, 3.8) is 0 Å². The van der Waals surface area contributed by atoms with Crippen LogP contribution in [0.1, 0.15) is 5.56 Å². The van der Waals surface area contributed by atoms with Crippen LogP contribution >= 0.6 is 15.9 Å². The Morgan fingerprint density at radius 1 is 1.40 bits per heavy atom. The SMILES string of the molecule is COc1ccccc1CNc1nccc(Br)c1[N+](=O)[O-]. The Labute approximate surface area is 124 Å². The van der Waals surface area contributed by atoms with E-state index in [1.807, 2.05) is 24.3 Å². The van der Waals surface area contributed by atoms with Crippen LogP contribution in [0.2, 0.25) is 0 Å². The molecule has 0 bridgehead atoms. The molecule has 0 spiro atoms. The summed E-state index contributed by atoms with van der Waals surface area (Å²) in [5.41, 5.74) is 0.813. The maximum atomic E-state index is 11.0. The molecule has 0 atom stereocenters. The minimum atomic E-state index is -0.471. The van der Waals surface area contributed by atoms with Crippen molar-refractivity contribution in [1.29, 1.82) is 0 Å². The van der Waals surface area contributed by atoms with Crippen molar-refractivity contribution in [1.82, 2.24) is 4.98 Å². The van der Waals surface area contributed by atoms with Crippen LogP contribution in [0.4, 0.5) is 11.5 Å². The number of para-hydroxylation sites is 1. The smallest absolute Gasteiger partial charge is 0.325 e. The number of pyridine rings is 1. The lowest BCUT2D eigenvalue weighted by molar-refractivity contribution is -0.385. The molecule has 1 heterocycles. The van der Waals surface area contributed by atoms with Crippen molar-refractivity contribution in [2.75, 3.05) is 12.4 Å². The van der Waals surface area contributed by atoms with Crippen molar-refractivity contribution in [3.05, 3.63) is 56.7 Å². The fourth-order valence-electron chi connectivity index (χ4n) is 1.76. The van der Waals surface area contributed by atoms with Gasteiger partial charge >= 0.3 is 5.69 Å². The summed E-state index contributed by atoms with van der Waals surface area (Å²) in [7, 11) is 1.58. The summed E-state index contributed by atoms with van der Waals surface area (Å²) in [4.78, 5) is 14.6. The van der Waals surface area contributed by atoms with Crippen LogP contribution in [0.5, 0.6) is 5.75 Å². The summed E-state index contributed by atoms with van der Waals surface area (Å²) in [5.74, 6) is 0.938. The van der Waals surface area contributed by atoms with Crippen LogP contribution in [0.15, 0.2) is 41.0 Å². The molecule has 0 unspecified atom stereocenters. The van der Waals surface area contributed by atoms with Crippen LogP contribution in [0.3, 0.4) is 0 Å². The van der Waals surface area contributed by atoms with Gasteiger partial charge in [0, 0.05) is 18.3 Å². The molecule has 6 nitrogen and oxygen atoms in total. The van der Waals surface area contributed by atoms with Gasteiger partial charge in [-0.25, -0.2) is 4.98 Å². The van der Waals surface area contributed by atoms with Gasteiger partial charge < -0.3 is 10.1 Å². The Morgan fingerprint density at radius 3 is 2.85 bits per heavy atom. The molecule has 104 valence electrons. The van der Waals surface area contributed by atoms with E-state index in [2.05, 4.69) is 26.2 Å². The standard InChI is InChI=1S/C13H12BrN3O3/c1-20-11-5-3-2-4-9(11)8-16-13-12(17(18)19)10(14)6-7-15-13/h2-7H,8H2,1H3,(H,15,16). The van der Waals surface area contributed by atoms with Crippen molar-refractivity contribution in [2.24, 2.45) is 0 Å². The second-order valence-electron chi connectivity index (χ2n) is 3.91. The minimum Gasteiger partial charge on any atom is -0.496 e. The number of aromatic nitrogens is 1. The fraction of sp³-hybridized carbons (Fsp3) is 0.154. The quantitative estimate of drug-likeness (QED) is 0.668. The molecule has 0 saturated heterocycles. The number of nitrogens with zero attached hydrogens (tertiary/aromatic N) is 2. The zero-order valence-corrected chi connectivity index (χ0v) is 12.3. The summed E-state index contributed by atoms with van der Waals surface area (Å²) >= 11 is 3.16. The Balaban J connectivity index is 2.23. The maximum absolute atomic E-state index is 11.0. The van der Waals surface area contributed by atoms with Gasteiger partial charge in [-0.05, 0) is 28.1 Å². The predicted octanol–water partition coefficient (Wildman–Crippen LogP) is 3.37. The zero-order chi connectivity index (χ0) is 14.5. The van der Waals surface area contributed by atoms with Crippen LogP contribution in [0, 0.1) is 10.1 Å². The molecule has 1 aromatic heterocycles. The molecule has 0 saturated carbocycles. The summed E-state index contributed by atoms with van der Waals surface area (Å²) in [5, 5.41) is 14.0. The lowest BCUT2D eigenvalue weighted by Crippen LogP contribution is -2.06. The Morgan fingerprint density at radius 2 is 2.15 bits per heavy atom. The summed E-state index contributed by atoms with van der Waals surface area (Å²) in [6.07, 6.45) is 1.50. The van der Waals surface area contributed by atoms with E-state index in [9.17, 15) is 10.1 Å². The minimum absolute atomic E-state index is 0.0811. The number of ether oxygens (including phenoxy) is 1. The van der Waals surface area contributed by atoms with E-state index in [0.29, 0.717) is 11.0 Å². The summed E-state index contributed by atoms with van der Waals surface area (Å²) in [6, 6.07) is 8.99. The first-order valence-electron chi connectivity index (χ1n) is 5.78. The topological polar surface area (TPSA) is 77.3 Å². The number of hydrogen-bond acceptors (Lipinski definition) is 5. The first-order chi connectivity index (χ1) is 9.63. The highest BCUT2D eigenvalue weighted by Gasteiger charge is 2.19. The number of halogens is 1. The van der Waals surface area contributed by atoms with E-state index < -0.39 is 4.92 Å². The summed E-state index contributed by atoms with van der Waals surface area (Å²) < 4.78 is 5.62. The first-order valence-corrected chi connectivity index (χ1v) is 6.57. The van der Waals surface area contributed by atoms with Gasteiger partial charge in [0.25, 0.3) is 0 Å². The molecular weight excluding hydrogens is 326 g/mol. The van der Waals surface area contributed by atoms with Crippen molar-refractivity contribution >= 4 is 27.4 Å². The fourth-order valence-corrected chi connectivity index (χ4v) is 2.21. The highest BCUT2D eigenvalue weighted by atomic mass is 79.9. The molecule has 2 rings (SSSR count). The van der Waals surface area contributed by atoms with Gasteiger partial charge in [-0.2, -0.15) is 0 Å². The predicted molar refractivity (Wildman–Crippen MR) is 78.9 cm³/mol. The van der Waals surface area contributed by atoms with Gasteiger partial charge in [-0.15, -0.1) is 0 Å². The van der Waals surface area contributed by atoms with Gasteiger partial charge in [-0.3, -0.25) is 10.1 Å². The Kier molecular flexibility index (Phi) is 4.52. The molecular formula is C13H12BrN3O3. The van der Waals surface area contributed by atoms with Gasteiger partial charge in [0.1, 0.15) is 10.2 Å². The average Bonchev–Trinajstić information content (AvgIpc) is 2.45. The highest BCUT2D eigenvalue weighted by Crippen LogP contribution is 2.31. The number of methoxy groups -OCH3 is 1. The van der Waals surface area contributed by atoms with Crippen LogP contribution in [-0.4, -0.2) is 17.0 Å². The number of benzene rings is 1. The average molecular weight is 338 g/mol. The molecule has 0 aliphatic carbocycles. The van der Waals surface area contributed by atoms with Gasteiger partial charge in [0.05, 0.1) is 12.0 Å². The van der Waals surface area contributed by atoms with E-state index in [1.165, 1.54) is 12.3 Å². The number of rotatable bonds is 5. The van der Waals surface area contributed by atoms with Crippen molar-refractivity contribution in [3.8, 4) is 5.75 Å². The normalized spacial score (nSPS) is 10.1. The van der Waals surface area contributed by atoms with Gasteiger partial charge in [0.2, 0.25) is 5.82 Å². The lowest BCUT2D eigenvalue weighted by atomic mass is 10.2. The monoisotopic (exact) mass is 337 g/mol. The zero-order valence-electron chi connectivity index (χ0n) is 10.7. The lowest BCUT2D eigenvalue weighted by Gasteiger charge is -2.10. The number of hydrogen-bond donors (Lipinski definition) is 1. The molecule has 7 heteroatoms. The Hall–Kier alpha value is -2.15. The number of nitrogens with one attached hydrogen (secondary N) is 1. The third kappa shape index (κ3) is 3.05. The molecule has 20 heavy (non-hydrogen) atoms. The van der Waals surface area contributed by atoms with Crippen LogP contribution < -0.4 is 10.1 Å². The number of nitro groups is 1. The molecule has 0 radical (unpaired) electrons. The summed E-state index contributed by atoms with van der Waals surface area (Å²) in [6.45, 7) is 0.383. The molecule has 0 fully saturated rings. The molecule has 0 aliphatic heterocycles. The third-order valence-electron chi connectivity index (χ3n) is 2.70. The van der Waals surface area contributed by atoms with E-state index >= 15 is 0 Å². The second-order valence-corrected chi connectivity index (χ2v) is 4.77. The molecule has 1 aromatic carbocycles. The van der Waals surface area contributed by atoms with E-state index in [0.717, 1.165) is 11.3 Å². The van der Waals surface area contributed by atoms with Gasteiger partial charge in [-0.1, -0.05) is 18.2 Å². The Bertz CT molecular complexity index is 634. The molecule has 0 aliphatic rings. The van der Waals surface area contributed by atoms with Crippen LogP contribution in [0.25, 0.3) is 0 Å². The van der Waals surface area contributed by atoms with E-state index in [4.69, 9.17) is 4.74 Å². The van der Waals surface area contributed by atoms with Crippen molar-refractivity contribution in [2.45, 2.75) is 6.54 Å². The second kappa shape index (κ2) is 6.33. The first kappa shape index (κ1) is 14.3. The molecule has 1 N–H and O–H groups in total.